The molecule has 1 amide bonds. The molecule has 2 N–H and O–H groups in total. The molecule has 0 unspecified atom stereocenters. The van der Waals surface area contributed by atoms with Crippen molar-refractivity contribution in [2.45, 2.75) is 25.7 Å². The Balaban J connectivity index is 1.88. The molecule has 0 bridgehead atoms. The van der Waals surface area contributed by atoms with Gasteiger partial charge in [0.05, 0.1) is 16.8 Å². The fourth-order valence-corrected chi connectivity index (χ4v) is 4.38. The van der Waals surface area contributed by atoms with Crippen molar-refractivity contribution in [3.63, 3.8) is 0 Å². The molecule has 0 radical (unpaired) electrons. The Labute approximate surface area is 188 Å². The average molecular weight is 452 g/mol. The number of hydrogen-bond acceptors (Lipinski definition) is 5. The largest absolute Gasteiger partial charge is 0.507 e. The molecule has 0 spiro atoms. The van der Waals surface area contributed by atoms with Gasteiger partial charge in [-0.25, -0.2) is 13.8 Å². The predicted molar refractivity (Wildman–Crippen MR) is 125 cm³/mol. The number of phenolic OH excluding ortho intramolecular Hbond substituents is 1. The van der Waals surface area contributed by atoms with Crippen molar-refractivity contribution >= 4 is 27.8 Å². The molecule has 0 atom stereocenters. The number of hydrazone groups is 1. The van der Waals surface area contributed by atoms with E-state index in [1.54, 1.807) is 42.5 Å². The summed E-state index contributed by atoms with van der Waals surface area (Å²) in [5.41, 5.74) is 5.98. The van der Waals surface area contributed by atoms with E-state index in [-0.39, 0.29) is 10.6 Å². The van der Waals surface area contributed by atoms with E-state index in [0.717, 1.165) is 21.0 Å². The first-order valence-corrected chi connectivity index (χ1v) is 11.4. The molecule has 0 fully saturated rings. The molecular weight excluding hydrogens is 426 g/mol. The number of nitrogens with zero attached hydrogens (tertiary/aromatic N) is 2. The maximum absolute atomic E-state index is 13.4. The molecular formula is C24H25N3O4S. The third kappa shape index (κ3) is 5.33. The van der Waals surface area contributed by atoms with E-state index in [0.29, 0.717) is 11.3 Å². The monoisotopic (exact) mass is 451 g/mol. The van der Waals surface area contributed by atoms with Crippen LogP contribution in [0, 0.1) is 20.8 Å². The van der Waals surface area contributed by atoms with Crippen molar-refractivity contribution in [1.29, 1.82) is 0 Å². The molecule has 3 aromatic carbocycles. The first kappa shape index (κ1) is 23.0. The molecule has 0 saturated heterocycles. The summed E-state index contributed by atoms with van der Waals surface area (Å²) in [6, 6.07) is 18.2. The van der Waals surface area contributed by atoms with Crippen LogP contribution in [0.25, 0.3) is 0 Å². The van der Waals surface area contributed by atoms with E-state index < -0.39 is 22.5 Å². The van der Waals surface area contributed by atoms with Crippen LogP contribution in [-0.2, 0) is 14.8 Å². The maximum Gasteiger partial charge on any atom is 0.264 e. The SMILES string of the molecule is Cc1ccc(S(=O)(=O)N(CC(=O)N/N=C\c2ccccc2O)c2ccc(C)c(C)c2)cc1. The van der Waals surface area contributed by atoms with Gasteiger partial charge in [-0.3, -0.25) is 9.10 Å². The zero-order valence-electron chi connectivity index (χ0n) is 18.1. The maximum atomic E-state index is 13.4. The smallest absolute Gasteiger partial charge is 0.264 e. The zero-order chi connectivity index (χ0) is 23.3. The summed E-state index contributed by atoms with van der Waals surface area (Å²) in [4.78, 5) is 12.7. The number of nitrogens with one attached hydrogen (secondary N) is 1. The van der Waals surface area contributed by atoms with Gasteiger partial charge in [-0.15, -0.1) is 0 Å². The van der Waals surface area contributed by atoms with Gasteiger partial charge in [0.25, 0.3) is 15.9 Å². The predicted octanol–water partition coefficient (Wildman–Crippen LogP) is 3.66. The van der Waals surface area contributed by atoms with Gasteiger partial charge in [0, 0.05) is 5.56 Å². The minimum Gasteiger partial charge on any atom is -0.507 e. The van der Waals surface area contributed by atoms with Crippen LogP contribution in [0.4, 0.5) is 5.69 Å². The van der Waals surface area contributed by atoms with Gasteiger partial charge in [0.2, 0.25) is 0 Å². The van der Waals surface area contributed by atoms with E-state index >= 15 is 0 Å². The summed E-state index contributed by atoms with van der Waals surface area (Å²) < 4.78 is 27.8. The molecule has 32 heavy (non-hydrogen) atoms. The van der Waals surface area contributed by atoms with Crippen LogP contribution in [0.15, 0.2) is 76.7 Å². The van der Waals surface area contributed by atoms with Crippen molar-refractivity contribution in [2.24, 2.45) is 5.10 Å². The van der Waals surface area contributed by atoms with Crippen LogP contribution in [0.3, 0.4) is 0 Å². The minimum absolute atomic E-state index is 0.0178. The van der Waals surface area contributed by atoms with Crippen molar-refractivity contribution in [2.75, 3.05) is 10.8 Å². The van der Waals surface area contributed by atoms with Gasteiger partial charge in [-0.2, -0.15) is 5.10 Å². The second kappa shape index (κ2) is 9.65. The Morgan fingerprint density at radius 2 is 1.69 bits per heavy atom. The lowest BCUT2D eigenvalue weighted by Gasteiger charge is -2.24. The number of carbonyl (C=O) groups excluding carboxylic acids is 1. The highest BCUT2D eigenvalue weighted by Crippen LogP contribution is 2.26. The molecule has 0 aliphatic heterocycles. The lowest BCUT2D eigenvalue weighted by atomic mass is 10.1. The molecule has 166 valence electrons. The molecule has 0 aromatic heterocycles. The summed E-state index contributed by atoms with van der Waals surface area (Å²) in [6.45, 7) is 5.22. The van der Waals surface area contributed by atoms with Gasteiger partial charge in [0.1, 0.15) is 12.3 Å². The molecule has 8 heteroatoms. The number of rotatable bonds is 7. The summed E-state index contributed by atoms with van der Waals surface area (Å²) in [6.07, 6.45) is 1.29. The number of anilines is 1. The third-order valence-corrected chi connectivity index (χ3v) is 6.79. The van der Waals surface area contributed by atoms with Gasteiger partial charge in [-0.05, 0) is 68.3 Å². The van der Waals surface area contributed by atoms with Crippen LogP contribution in [-0.4, -0.2) is 32.2 Å². The van der Waals surface area contributed by atoms with Gasteiger partial charge >= 0.3 is 0 Å². The van der Waals surface area contributed by atoms with E-state index in [1.165, 1.54) is 24.4 Å². The zero-order valence-corrected chi connectivity index (χ0v) is 18.9. The van der Waals surface area contributed by atoms with E-state index in [1.807, 2.05) is 26.8 Å². The summed E-state index contributed by atoms with van der Waals surface area (Å²) in [5, 5.41) is 13.6. The quantitative estimate of drug-likeness (QED) is 0.423. The van der Waals surface area contributed by atoms with Gasteiger partial charge in [-0.1, -0.05) is 35.9 Å². The third-order valence-electron chi connectivity index (χ3n) is 5.00. The fourth-order valence-electron chi connectivity index (χ4n) is 2.97. The number of sulfonamides is 1. The van der Waals surface area contributed by atoms with Crippen LogP contribution in [0.5, 0.6) is 5.75 Å². The van der Waals surface area contributed by atoms with Gasteiger partial charge in [0.15, 0.2) is 0 Å². The number of phenols is 1. The molecule has 0 aliphatic rings. The average Bonchev–Trinajstić information content (AvgIpc) is 2.75. The van der Waals surface area contributed by atoms with Crippen molar-refractivity contribution < 1.29 is 18.3 Å². The van der Waals surface area contributed by atoms with E-state index in [4.69, 9.17) is 0 Å². The van der Waals surface area contributed by atoms with Crippen LogP contribution in [0.2, 0.25) is 0 Å². The van der Waals surface area contributed by atoms with E-state index in [9.17, 15) is 18.3 Å². The molecule has 0 aliphatic carbocycles. The standard InChI is InChI=1S/C24H25N3O4S/c1-17-8-12-22(13-9-17)32(30,31)27(21-11-10-18(2)19(3)14-21)16-24(29)26-25-15-20-6-4-5-7-23(20)28/h4-15,28H,16H2,1-3H3,(H,26,29)/b25-15-. The van der Waals surface area contributed by atoms with Crippen LogP contribution < -0.4 is 9.73 Å². The Kier molecular flexibility index (Phi) is 6.95. The van der Waals surface area contributed by atoms with Gasteiger partial charge < -0.3 is 5.11 Å². The fraction of sp³-hybridized carbons (Fsp3) is 0.167. The molecule has 3 aromatic rings. The number of carbonyl (C=O) groups is 1. The van der Waals surface area contributed by atoms with Crippen molar-refractivity contribution in [1.82, 2.24) is 5.43 Å². The second-order valence-electron chi connectivity index (χ2n) is 7.45. The Hall–Kier alpha value is -3.65. The van der Waals surface area contributed by atoms with Crippen LogP contribution in [0.1, 0.15) is 22.3 Å². The van der Waals surface area contributed by atoms with Crippen LogP contribution >= 0.6 is 0 Å². The van der Waals surface area contributed by atoms with Crippen molar-refractivity contribution in [3.8, 4) is 5.75 Å². The first-order chi connectivity index (χ1) is 15.2. The molecule has 3 rings (SSSR count). The number of hydrogen-bond donors (Lipinski definition) is 2. The molecule has 7 nitrogen and oxygen atoms in total. The van der Waals surface area contributed by atoms with E-state index in [2.05, 4.69) is 10.5 Å². The topological polar surface area (TPSA) is 99.1 Å². The molecule has 0 heterocycles. The number of aromatic hydroxyl groups is 1. The Bertz CT molecular complexity index is 1250. The number of amides is 1. The lowest BCUT2D eigenvalue weighted by molar-refractivity contribution is -0.119. The summed E-state index contributed by atoms with van der Waals surface area (Å²) >= 11 is 0. The number of benzene rings is 3. The minimum atomic E-state index is -4.00. The lowest BCUT2D eigenvalue weighted by Crippen LogP contribution is -2.39. The molecule has 0 saturated carbocycles. The summed E-state index contributed by atoms with van der Waals surface area (Å²) in [5.74, 6) is -0.602. The second-order valence-corrected chi connectivity index (χ2v) is 9.31. The Morgan fingerprint density at radius 1 is 1.00 bits per heavy atom. The highest BCUT2D eigenvalue weighted by Gasteiger charge is 2.27. The number of para-hydroxylation sites is 1. The normalized spacial score (nSPS) is 11.5. The highest BCUT2D eigenvalue weighted by atomic mass is 32.2. The van der Waals surface area contributed by atoms with Crippen molar-refractivity contribution in [3.05, 3.63) is 89.0 Å². The summed E-state index contributed by atoms with van der Waals surface area (Å²) in [7, 11) is -4.00. The first-order valence-electron chi connectivity index (χ1n) is 9.95. The number of aryl methyl sites for hydroxylation is 3. The highest BCUT2D eigenvalue weighted by molar-refractivity contribution is 7.92. The Morgan fingerprint density at radius 3 is 2.34 bits per heavy atom.